The second-order valence-electron chi connectivity index (χ2n) is 6.18. The molecule has 1 aliphatic heterocycles. The lowest BCUT2D eigenvalue weighted by atomic mass is 10.2. The predicted molar refractivity (Wildman–Crippen MR) is 106 cm³/mol. The van der Waals surface area contributed by atoms with E-state index in [0.717, 1.165) is 43.6 Å². The third-order valence-electron chi connectivity index (χ3n) is 4.28. The average molecular weight is 372 g/mol. The molecule has 3 rings (SSSR count). The Morgan fingerprint density at radius 3 is 2.62 bits per heavy atom. The Bertz CT molecular complexity index is 736. The Hall–Kier alpha value is -2.32. The molecule has 1 fully saturated rings. The van der Waals surface area contributed by atoms with Gasteiger partial charge in [-0.15, -0.1) is 16.8 Å². The maximum atomic E-state index is 12.1. The van der Waals surface area contributed by atoms with Gasteiger partial charge < -0.3 is 14.8 Å². The number of anilines is 2. The van der Waals surface area contributed by atoms with Gasteiger partial charge in [0.15, 0.2) is 5.16 Å². The molecule has 1 aromatic carbocycles. The number of nitrogens with one attached hydrogen (secondary N) is 1. The molecule has 138 valence electrons. The molecule has 0 saturated carbocycles. The number of rotatable bonds is 7. The minimum absolute atomic E-state index is 0.0520. The number of amides is 1. The highest BCUT2D eigenvalue weighted by molar-refractivity contribution is 7.99. The van der Waals surface area contributed by atoms with E-state index in [9.17, 15) is 4.79 Å². The highest BCUT2D eigenvalue weighted by Gasteiger charge is 2.16. The van der Waals surface area contributed by atoms with Crippen LogP contribution in [0.1, 0.15) is 0 Å². The van der Waals surface area contributed by atoms with Gasteiger partial charge in [0.25, 0.3) is 0 Å². The summed E-state index contributed by atoms with van der Waals surface area (Å²) in [6, 6.07) is 8.04. The summed E-state index contributed by atoms with van der Waals surface area (Å²) in [5, 5.41) is 11.4. The van der Waals surface area contributed by atoms with Gasteiger partial charge in [-0.25, -0.2) is 0 Å². The summed E-state index contributed by atoms with van der Waals surface area (Å²) in [7, 11) is 1.86. The van der Waals surface area contributed by atoms with E-state index in [1.165, 1.54) is 17.4 Å². The van der Waals surface area contributed by atoms with Crippen LogP contribution in [0.3, 0.4) is 0 Å². The number of aromatic nitrogens is 3. The van der Waals surface area contributed by atoms with Crippen molar-refractivity contribution >= 4 is 29.0 Å². The van der Waals surface area contributed by atoms with Gasteiger partial charge in [0, 0.05) is 51.1 Å². The fraction of sp³-hybridized carbons (Fsp3) is 0.389. The van der Waals surface area contributed by atoms with E-state index < -0.39 is 0 Å². The highest BCUT2D eigenvalue weighted by Crippen LogP contribution is 2.20. The number of nitrogens with zero attached hydrogens (tertiary/aromatic N) is 5. The monoisotopic (exact) mass is 372 g/mol. The van der Waals surface area contributed by atoms with Gasteiger partial charge in [-0.05, 0) is 24.3 Å². The number of piperazine rings is 1. The van der Waals surface area contributed by atoms with Crippen molar-refractivity contribution in [3.8, 4) is 0 Å². The zero-order valence-electron chi connectivity index (χ0n) is 15.0. The average Bonchev–Trinajstić information content (AvgIpc) is 3.07. The first-order valence-electron chi connectivity index (χ1n) is 8.60. The molecule has 0 spiro atoms. The van der Waals surface area contributed by atoms with Crippen LogP contribution in [0.25, 0.3) is 0 Å². The number of carbonyl (C=O) groups excluding carboxylic acids is 1. The van der Waals surface area contributed by atoms with Crippen molar-refractivity contribution in [2.75, 3.05) is 48.7 Å². The standard InChI is InChI=1S/C18H24N6OS/c1-3-8-23-9-11-24(12-10-23)16-6-4-15(5-7-16)20-17(25)13-26-18-21-19-14-22(18)2/h3-7,14H,1,8-13H2,2H3,(H,20,25). The van der Waals surface area contributed by atoms with Gasteiger partial charge in [0.2, 0.25) is 5.91 Å². The smallest absolute Gasteiger partial charge is 0.234 e. The van der Waals surface area contributed by atoms with Crippen LogP contribution in [0, 0.1) is 0 Å². The van der Waals surface area contributed by atoms with Crippen molar-refractivity contribution in [3.05, 3.63) is 43.2 Å². The first-order valence-corrected chi connectivity index (χ1v) is 9.59. The summed E-state index contributed by atoms with van der Waals surface area (Å²) in [5.74, 6) is 0.253. The van der Waals surface area contributed by atoms with Crippen LogP contribution >= 0.6 is 11.8 Å². The molecule has 1 N–H and O–H groups in total. The van der Waals surface area contributed by atoms with E-state index in [1.54, 1.807) is 10.9 Å². The second-order valence-corrected chi connectivity index (χ2v) is 7.13. The Morgan fingerprint density at radius 2 is 2.00 bits per heavy atom. The normalized spacial score (nSPS) is 15.0. The van der Waals surface area contributed by atoms with Gasteiger partial charge >= 0.3 is 0 Å². The van der Waals surface area contributed by atoms with Crippen LogP contribution in [-0.2, 0) is 11.8 Å². The first kappa shape index (κ1) is 18.5. The Labute approximate surface area is 158 Å². The first-order chi connectivity index (χ1) is 12.7. The summed E-state index contributed by atoms with van der Waals surface area (Å²) in [4.78, 5) is 16.9. The zero-order valence-corrected chi connectivity index (χ0v) is 15.8. The van der Waals surface area contributed by atoms with E-state index >= 15 is 0 Å². The van der Waals surface area contributed by atoms with E-state index in [2.05, 4.69) is 44.0 Å². The lowest BCUT2D eigenvalue weighted by molar-refractivity contribution is -0.113. The maximum Gasteiger partial charge on any atom is 0.234 e. The van der Waals surface area contributed by atoms with Crippen molar-refractivity contribution in [1.29, 1.82) is 0 Å². The van der Waals surface area contributed by atoms with E-state index in [0.29, 0.717) is 5.75 Å². The molecular weight excluding hydrogens is 348 g/mol. The summed E-state index contributed by atoms with van der Waals surface area (Å²) in [6.07, 6.45) is 3.58. The molecule has 0 bridgehead atoms. The van der Waals surface area contributed by atoms with Gasteiger partial charge in [-0.3, -0.25) is 9.69 Å². The molecule has 0 radical (unpaired) electrons. The predicted octanol–water partition coefficient (Wildman–Crippen LogP) is 1.85. The molecule has 1 aromatic heterocycles. The zero-order chi connectivity index (χ0) is 18.4. The highest BCUT2D eigenvalue weighted by atomic mass is 32.2. The molecule has 0 unspecified atom stereocenters. The van der Waals surface area contributed by atoms with Crippen LogP contribution < -0.4 is 10.2 Å². The molecule has 1 aliphatic rings. The third-order valence-corrected chi connectivity index (χ3v) is 5.31. The van der Waals surface area contributed by atoms with Crippen molar-refractivity contribution in [3.63, 3.8) is 0 Å². The summed E-state index contributed by atoms with van der Waals surface area (Å²) in [5.41, 5.74) is 2.00. The van der Waals surface area contributed by atoms with E-state index in [1.807, 2.05) is 25.3 Å². The van der Waals surface area contributed by atoms with Gasteiger partial charge in [0.05, 0.1) is 5.75 Å². The summed E-state index contributed by atoms with van der Waals surface area (Å²) < 4.78 is 1.79. The number of benzene rings is 1. The molecule has 0 atom stereocenters. The van der Waals surface area contributed by atoms with Crippen molar-refractivity contribution < 1.29 is 4.79 Å². The van der Waals surface area contributed by atoms with Crippen molar-refractivity contribution in [2.45, 2.75) is 5.16 Å². The van der Waals surface area contributed by atoms with E-state index in [4.69, 9.17) is 0 Å². The van der Waals surface area contributed by atoms with Crippen molar-refractivity contribution in [2.24, 2.45) is 7.05 Å². The number of hydrogen-bond donors (Lipinski definition) is 1. The second kappa shape index (κ2) is 8.86. The van der Waals surface area contributed by atoms with E-state index in [-0.39, 0.29) is 5.91 Å². The van der Waals surface area contributed by atoms with Crippen LogP contribution in [0.15, 0.2) is 48.4 Å². The topological polar surface area (TPSA) is 66.3 Å². The molecule has 1 saturated heterocycles. The largest absolute Gasteiger partial charge is 0.369 e. The molecule has 0 aliphatic carbocycles. The SMILES string of the molecule is C=CCN1CCN(c2ccc(NC(=O)CSc3nncn3C)cc2)CC1. The van der Waals surface area contributed by atoms with Crippen molar-refractivity contribution in [1.82, 2.24) is 19.7 Å². The lowest BCUT2D eigenvalue weighted by Crippen LogP contribution is -2.46. The maximum absolute atomic E-state index is 12.1. The third kappa shape index (κ3) is 4.86. The number of carbonyl (C=O) groups is 1. The minimum Gasteiger partial charge on any atom is -0.369 e. The molecule has 7 nitrogen and oxygen atoms in total. The van der Waals surface area contributed by atoms with Gasteiger partial charge in [0.1, 0.15) is 6.33 Å². The Morgan fingerprint density at radius 1 is 1.27 bits per heavy atom. The fourth-order valence-electron chi connectivity index (χ4n) is 2.86. The van der Waals surface area contributed by atoms with Crippen LogP contribution in [-0.4, -0.2) is 64.0 Å². The number of thioether (sulfide) groups is 1. The quantitative estimate of drug-likeness (QED) is 0.591. The number of hydrogen-bond acceptors (Lipinski definition) is 6. The number of aryl methyl sites for hydroxylation is 1. The van der Waals surface area contributed by atoms with Gasteiger partial charge in [-0.2, -0.15) is 0 Å². The molecule has 8 heteroatoms. The summed E-state index contributed by atoms with van der Waals surface area (Å²) in [6.45, 7) is 8.85. The Balaban J connectivity index is 1.47. The molecular formula is C18H24N6OS. The van der Waals surface area contributed by atoms with Crippen LogP contribution in [0.2, 0.25) is 0 Å². The summed E-state index contributed by atoms with van der Waals surface area (Å²) >= 11 is 1.37. The molecule has 1 amide bonds. The van der Waals surface area contributed by atoms with Gasteiger partial charge in [-0.1, -0.05) is 17.8 Å². The van der Waals surface area contributed by atoms with Crippen LogP contribution in [0.5, 0.6) is 0 Å². The molecule has 2 heterocycles. The lowest BCUT2D eigenvalue weighted by Gasteiger charge is -2.35. The minimum atomic E-state index is -0.0520. The van der Waals surface area contributed by atoms with Crippen LogP contribution in [0.4, 0.5) is 11.4 Å². The molecule has 2 aromatic rings. The fourth-order valence-corrected chi connectivity index (χ4v) is 3.55. The molecule has 26 heavy (non-hydrogen) atoms. The Kier molecular flexibility index (Phi) is 6.30.